The van der Waals surface area contributed by atoms with Gasteiger partial charge in [0.05, 0.1) is 17.8 Å². The molecular formula is C8H11N3O. The van der Waals surface area contributed by atoms with Gasteiger partial charge in [0.1, 0.15) is 0 Å². The highest BCUT2D eigenvalue weighted by Gasteiger charge is 2.19. The minimum absolute atomic E-state index is 0.0773. The van der Waals surface area contributed by atoms with E-state index in [9.17, 15) is 4.79 Å². The highest BCUT2D eigenvalue weighted by Crippen LogP contribution is 2.11. The van der Waals surface area contributed by atoms with E-state index >= 15 is 0 Å². The van der Waals surface area contributed by atoms with Gasteiger partial charge in [-0.05, 0) is 6.92 Å². The molecule has 1 saturated heterocycles. The summed E-state index contributed by atoms with van der Waals surface area (Å²) in [4.78, 5) is 10.9. The molecule has 4 nitrogen and oxygen atoms in total. The third-order valence-electron chi connectivity index (χ3n) is 2.14. The van der Waals surface area contributed by atoms with E-state index in [1.807, 2.05) is 10.9 Å². The molecule has 64 valence electrons. The van der Waals surface area contributed by atoms with Gasteiger partial charge in [-0.1, -0.05) is 0 Å². The Morgan fingerprint density at radius 3 is 2.92 bits per heavy atom. The quantitative estimate of drug-likeness (QED) is 0.638. The third-order valence-corrected chi connectivity index (χ3v) is 2.14. The Kier molecular flexibility index (Phi) is 1.69. The van der Waals surface area contributed by atoms with Gasteiger partial charge in [0, 0.05) is 19.3 Å². The maximum absolute atomic E-state index is 10.9. The Hall–Kier alpha value is -1.16. The average Bonchev–Trinajstić information content (AvgIpc) is 2.32. The van der Waals surface area contributed by atoms with Crippen molar-refractivity contribution in [3.8, 4) is 0 Å². The molecule has 4 heteroatoms. The van der Waals surface area contributed by atoms with Crippen LogP contribution < -0.4 is 5.32 Å². The van der Waals surface area contributed by atoms with Gasteiger partial charge in [-0.25, -0.2) is 0 Å². The van der Waals surface area contributed by atoms with Gasteiger partial charge in [-0.2, -0.15) is 5.10 Å². The third kappa shape index (κ3) is 1.14. The van der Waals surface area contributed by atoms with Crippen molar-refractivity contribution in [3.63, 3.8) is 0 Å². The molecule has 0 unspecified atom stereocenters. The van der Waals surface area contributed by atoms with Crippen LogP contribution in [-0.4, -0.2) is 28.7 Å². The van der Waals surface area contributed by atoms with E-state index in [2.05, 4.69) is 10.4 Å². The Morgan fingerprint density at radius 1 is 1.75 bits per heavy atom. The standard InChI is InChI=1S/C8H11N3O/c1-6(12)7-2-10-11(5-7)8-3-9-4-8/h2,5,8-9H,3-4H2,1H3. The molecule has 0 saturated carbocycles. The number of ketones is 1. The molecule has 1 aromatic heterocycles. The van der Waals surface area contributed by atoms with Crippen LogP contribution in [0, 0.1) is 0 Å². The SMILES string of the molecule is CC(=O)c1cnn(C2CNC2)c1. The number of Topliss-reactive ketones (excluding diaryl/α,β-unsaturated/α-hetero) is 1. The van der Waals surface area contributed by atoms with Gasteiger partial charge < -0.3 is 5.32 Å². The van der Waals surface area contributed by atoms with Gasteiger partial charge in [0.25, 0.3) is 0 Å². The minimum atomic E-state index is 0.0773. The number of hydrogen-bond donors (Lipinski definition) is 1. The summed E-state index contributed by atoms with van der Waals surface area (Å²) in [7, 11) is 0. The van der Waals surface area contributed by atoms with Gasteiger partial charge in [-0.3, -0.25) is 9.48 Å². The second-order valence-electron chi connectivity index (χ2n) is 3.08. The molecule has 1 aliphatic heterocycles. The zero-order valence-electron chi connectivity index (χ0n) is 6.95. The van der Waals surface area contributed by atoms with Crippen LogP contribution in [-0.2, 0) is 0 Å². The average molecular weight is 165 g/mol. The van der Waals surface area contributed by atoms with Crippen molar-refractivity contribution >= 4 is 5.78 Å². The first-order valence-electron chi connectivity index (χ1n) is 4.03. The van der Waals surface area contributed by atoms with Crippen LogP contribution in [0.4, 0.5) is 0 Å². The zero-order chi connectivity index (χ0) is 8.55. The Labute approximate surface area is 70.6 Å². The van der Waals surface area contributed by atoms with Crippen molar-refractivity contribution in [1.29, 1.82) is 0 Å². The van der Waals surface area contributed by atoms with Crippen LogP contribution in [0.1, 0.15) is 23.3 Å². The number of carbonyl (C=O) groups excluding carboxylic acids is 1. The monoisotopic (exact) mass is 165 g/mol. The number of aromatic nitrogens is 2. The lowest BCUT2D eigenvalue weighted by Gasteiger charge is -2.27. The van der Waals surface area contributed by atoms with Crippen LogP contribution in [0.15, 0.2) is 12.4 Å². The summed E-state index contributed by atoms with van der Waals surface area (Å²) in [5, 5.41) is 7.27. The van der Waals surface area contributed by atoms with Gasteiger partial charge in [-0.15, -0.1) is 0 Å². The molecule has 1 aliphatic rings. The number of nitrogens with zero attached hydrogens (tertiary/aromatic N) is 2. The maximum Gasteiger partial charge on any atom is 0.162 e. The maximum atomic E-state index is 10.9. The fraction of sp³-hybridized carbons (Fsp3) is 0.500. The van der Waals surface area contributed by atoms with Crippen LogP contribution in [0.3, 0.4) is 0 Å². The summed E-state index contributed by atoms with van der Waals surface area (Å²) >= 11 is 0. The molecule has 0 spiro atoms. The first-order chi connectivity index (χ1) is 5.77. The molecule has 1 N–H and O–H groups in total. The summed E-state index contributed by atoms with van der Waals surface area (Å²) in [5.41, 5.74) is 0.696. The predicted molar refractivity (Wildman–Crippen MR) is 44.1 cm³/mol. The lowest BCUT2D eigenvalue weighted by molar-refractivity contribution is 0.101. The topological polar surface area (TPSA) is 46.9 Å². The van der Waals surface area contributed by atoms with E-state index in [4.69, 9.17) is 0 Å². The summed E-state index contributed by atoms with van der Waals surface area (Å²) in [6, 6.07) is 0.443. The number of carbonyl (C=O) groups is 1. The van der Waals surface area contributed by atoms with E-state index in [0.717, 1.165) is 13.1 Å². The second kappa shape index (κ2) is 2.71. The molecule has 0 atom stereocenters. The molecule has 12 heavy (non-hydrogen) atoms. The fourth-order valence-corrected chi connectivity index (χ4v) is 1.18. The van der Waals surface area contributed by atoms with E-state index < -0.39 is 0 Å². The molecule has 1 aromatic rings. The van der Waals surface area contributed by atoms with E-state index in [1.54, 1.807) is 13.1 Å². The number of hydrogen-bond acceptors (Lipinski definition) is 3. The number of rotatable bonds is 2. The van der Waals surface area contributed by atoms with Gasteiger partial charge in [0.2, 0.25) is 0 Å². The van der Waals surface area contributed by atoms with Crippen molar-refractivity contribution in [2.24, 2.45) is 0 Å². The van der Waals surface area contributed by atoms with E-state index in [0.29, 0.717) is 11.6 Å². The van der Waals surface area contributed by atoms with Crippen molar-refractivity contribution < 1.29 is 4.79 Å². The largest absolute Gasteiger partial charge is 0.312 e. The van der Waals surface area contributed by atoms with Crippen molar-refractivity contribution in [3.05, 3.63) is 18.0 Å². The summed E-state index contributed by atoms with van der Waals surface area (Å²) in [6.45, 7) is 3.47. The van der Waals surface area contributed by atoms with Crippen LogP contribution in [0.2, 0.25) is 0 Å². The lowest BCUT2D eigenvalue weighted by atomic mass is 10.2. The Bertz CT molecular complexity index is 301. The number of nitrogens with one attached hydrogen (secondary N) is 1. The molecule has 2 rings (SSSR count). The van der Waals surface area contributed by atoms with Crippen LogP contribution in [0.25, 0.3) is 0 Å². The molecule has 0 bridgehead atoms. The normalized spacial score (nSPS) is 17.4. The van der Waals surface area contributed by atoms with Crippen molar-refractivity contribution in [1.82, 2.24) is 15.1 Å². The second-order valence-corrected chi connectivity index (χ2v) is 3.08. The van der Waals surface area contributed by atoms with Crippen LogP contribution in [0.5, 0.6) is 0 Å². The smallest absolute Gasteiger partial charge is 0.162 e. The first-order valence-corrected chi connectivity index (χ1v) is 4.03. The molecule has 1 fully saturated rings. The molecule has 0 amide bonds. The Balaban J connectivity index is 2.17. The summed E-state index contributed by atoms with van der Waals surface area (Å²) in [5.74, 6) is 0.0773. The summed E-state index contributed by atoms with van der Waals surface area (Å²) in [6.07, 6.45) is 3.44. The molecular weight excluding hydrogens is 154 g/mol. The Morgan fingerprint density at radius 2 is 2.50 bits per heavy atom. The molecule has 0 radical (unpaired) electrons. The van der Waals surface area contributed by atoms with E-state index in [1.165, 1.54) is 0 Å². The van der Waals surface area contributed by atoms with Crippen LogP contribution >= 0.6 is 0 Å². The molecule has 0 aromatic carbocycles. The van der Waals surface area contributed by atoms with Crippen molar-refractivity contribution in [2.75, 3.05) is 13.1 Å². The fourth-order valence-electron chi connectivity index (χ4n) is 1.18. The molecule has 2 heterocycles. The van der Waals surface area contributed by atoms with Gasteiger partial charge in [0.15, 0.2) is 5.78 Å². The highest BCUT2D eigenvalue weighted by molar-refractivity contribution is 5.93. The van der Waals surface area contributed by atoms with E-state index in [-0.39, 0.29) is 5.78 Å². The minimum Gasteiger partial charge on any atom is -0.312 e. The zero-order valence-corrected chi connectivity index (χ0v) is 6.95. The first kappa shape index (κ1) is 7.49. The molecule has 0 aliphatic carbocycles. The predicted octanol–water partition coefficient (Wildman–Crippen LogP) is 0.230. The highest BCUT2D eigenvalue weighted by atomic mass is 16.1. The summed E-state index contributed by atoms with van der Waals surface area (Å²) < 4.78 is 1.85. The van der Waals surface area contributed by atoms with Crippen molar-refractivity contribution in [2.45, 2.75) is 13.0 Å². The lowest BCUT2D eigenvalue weighted by Crippen LogP contribution is -2.43. The van der Waals surface area contributed by atoms with Gasteiger partial charge >= 0.3 is 0 Å².